The molecule has 3 heterocycles. The molecule has 0 spiro atoms. The first-order valence-corrected chi connectivity index (χ1v) is 9.82. The Labute approximate surface area is 160 Å². The van der Waals surface area contributed by atoms with Crippen molar-refractivity contribution in [2.45, 2.75) is 26.7 Å². The van der Waals surface area contributed by atoms with Gasteiger partial charge in [-0.3, -0.25) is 4.79 Å². The lowest BCUT2D eigenvalue weighted by Gasteiger charge is -2.36. The normalized spacial score (nSPS) is 17.5. The van der Waals surface area contributed by atoms with Gasteiger partial charge in [0.05, 0.1) is 0 Å². The van der Waals surface area contributed by atoms with Crippen LogP contribution in [0.4, 0.5) is 11.6 Å². The Hall–Kier alpha value is -2.63. The molecule has 0 N–H and O–H groups in total. The molecule has 2 aliphatic rings. The molecule has 1 aromatic heterocycles. The minimum Gasteiger partial charge on any atom is -0.368 e. The molecule has 0 saturated carbocycles. The van der Waals surface area contributed by atoms with Crippen LogP contribution in [0.25, 0.3) is 0 Å². The number of benzene rings is 1. The van der Waals surface area contributed by atoms with E-state index in [2.05, 4.69) is 51.0 Å². The van der Waals surface area contributed by atoms with Crippen LogP contribution in [0, 0.1) is 13.8 Å². The van der Waals surface area contributed by atoms with E-state index in [1.165, 1.54) is 11.3 Å². The van der Waals surface area contributed by atoms with Crippen molar-refractivity contribution < 1.29 is 4.79 Å². The van der Waals surface area contributed by atoms with Gasteiger partial charge in [-0.25, -0.2) is 9.97 Å². The van der Waals surface area contributed by atoms with Gasteiger partial charge in [0, 0.05) is 50.6 Å². The third kappa shape index (κ3) is 3.89. The third-order valence-electron chi connectivity index (χ3n) is 5.38. The van der Waals surface area contributed by atoms with Crippen LogP contribution >= 0.6 is 0 Å². The predicted molar refractivity (Wildman–Crippen MR) is 108 cm³/mol. The summed E-state index contributed by atoms with van der Waals surface area (Å²) in [6.07, 6.45) is 2.17. The predicted octanol–water partition coefficient (Wildman–Crippen LogP) is 2.66. The summed E-state index contributed by atoms with van der Waals surface area (Å²) >= 11 is 0. The number of likely N-dealkylation sites (tertiary alicyclic amines) is 1. The van der Waals surface area contributed by atoms with Crippen molar-refractivity contribution in [1.29, 1.82) is 0 Å². The molecule has 2 aromatic rings. The van der Waals surface area contributed by atoms with E-state index in [1.54, 1.807) is 0 Å². The van der Waals surface area contributed by atoms with Crippen molar-refractivity contribution in [3.8, 4) is 0 Å². The molecule has 6 heteroatoms. The maximum Gasteiger partial charge on any atom is 0.272 e. The summed E-state index contributed by atoms with van der Waals surface area (Å²) in [4.78, 5) is 28.4. The third-order valence-corrected chi connectivity index (χ3v) is 5.38. The van der Waals surface area contributed by atoms with E-state index in [4.69, 9.17) is 0 Å². The van der Waals surface area contributed by atoms with Crippen molar-refractivity contribution in [3.63, 3.8) is 0 Å². The van der Waals surface area contributed by atoms with E-state index in [9.17, 15) is 4.79 Å². The van der Waals surface area contributed by atoms with E-state index in [1.807, 2.05) is 17.9 Å². The van der Waals surface area contributed by atoms with Gasteiger partial charge in [0.15, 0.2) is 0 Å². The molecule has 0 unspecified atom stereocenters. The highest BCUT2D eigenvalue weighted by Gasteiger charge is 2.24. The molecule has 0 radical (unpaired) electrons. The van der Waals surface area contributed by atoms with Crippen LogP contribution in [0.1, 0.15) is 34.6 Å². The fraction of sp³-hybridized carbons (Fsp3) is 0.476. The molecule has 2 fully saturated rings. The number of amides is 1. The van der Waals surface area contributed by atoms with Crippen molar-refractivity contribution in [2.75, 3.05) is 49.1 Å². The fourth-order valence-corrected chi connectivity index (χ4v) is 3.88. The zero-order valence-corrected chi connectivity index (χ0v) is 16.2. The molecule has 2 aliphatic heterocycles. The topological polar surface area (TPSA) is 52.6 Å². The van der Waals surface area contributed by atoms with Crippen LogP contribution in [0.3, 0.4) is 0 Å². The quantitative estimate of drug-likeness (QED) is 0.837. The maximum atomic E-state index is 12.7. The molecule has 142 valence electrons. The van der Waals surface area contributed by atoms with Gasteiger partial charge >= 0.3 is 0 Å². The van der Waals surface area contributed by atoms with Crippen LogP contribution in [-0.2, 0) is 0 Å². The minimum absolute atomic E-state index is 0.0395. The van der Waals surface area contributed by atoms with Crippen molar-refractivity contribution in [3.05, 3.63) is 47.3 Å². The zero-order chi connectivity index (χ0) is 18.8. The van der Waals surface area contributed by atoms with Gasteiger partial charge in [0.1, 0.15) is 5.69 Å². The Kier molecular flexibility index (Phi) is 4.97. The second-order valence-corrected chi connectivity index (χ2v) is 7.51. The number of nitrogens with zero attached hydrogens (tertiary/aromatic N) is 5. The van der Waals surface area contributed by atoms with E-state index in [-0.39, 0.29) is 5.91 Å². The molecule has 0 aliphatic carbocycles. The van der Waals surface area contributed by atoms with Gasteiger partial charge in [-0.15, -0.1) is 0 Å². The van der Waals surface area contributed by atoms with E-state index in [0.717, 1.165) is 57.8 Å². The summed E-state index contributed by atoms with van der Waals surface area (Å²) < 4.78 is 0. The van der Waals surface area contributed by atoms with Gasteiger partial charge < -0.3 is 14.7 Å². The Morgan fingerprint density at radius 1 is 0.889 bits per heavy atom. The highest BCUT2D eigenvalue weighted by atomic mass is 16.2. The summed E-state index contributed by atoms with van der Waals surface area (Å²) in [6.45, 7) is 9.31. The molecule has 27 heavy (non-hydrogen) atoms. The standard InChI is InChI=1S/C21H27N5O/c1-16-6-5-7-18(14-16)24-10-12-26(13-11-24)21-22-17(2)15-19(23-21)20(27)25-8-3-4-9-25/h5-7,14-15H,3-4,8-13H2,1-2H3. The summed E-state index contributed by atoms with van der Waals surface area (Å²) in [5.74, 6) is 0.721. The smallest absolute Gasteiger partial charge is 0.272 e. The molecule has 4 rings (SSSR count). The minimum atomic E-state index is 0.0395. The average molecular weight is 365 g/mol. The summed E-state index contributed by atoms with van der Waals surface area (Å²) in [6, 6.07) is 10.4. The molecule has 6 nitrogen and oxygen atoms in total. The van der Waals surface area contributed by atoms with E-state index >= 15 is 0 Å². The highest BCUT2D eigenvalue weighted by molar-refractivity contribution is 5.92. The molecule has 2 saturated heterocycles. The lowest BCUT2D eigenvalue weighted by Crippen LogP contribution is -2.47. The Morgan fingerprint density at radius 2 is 1.59 bits per heavy atom. The lowest BCUT2D eigenvalue weighted by molar-refractivity contribution is 0.0787. The molecular formula is C21H27N5O. The molecule has 0 atom stereocenters. The van der Waals surface area contributed by atoms with Crippen LogP contribution in [0.5, 0.6) is 0 Å². The Morgan fingerprint density at radius 3 is 2.30 bits per heavy atom. The maximum absolute atomic E-state index is 12.7. The Bertz CT molecular complexity index is 823. The zero-order valence-electron chi connectivity index (χ0n) is 16.2. The van der Waals surface area contributed by atoms with Gasteiger partial charge in [0.25, 0.3) is 5.91 Å². The van der Waals surface area contributed by atoms with E-state index in [0.29, 0.717) is 11.6 Å². The molecule has 0 bridgehead atoms. The van der Waals surface area contributed by atoms with Crippen molar-refractivity contribution in [1.82, 2.24) is 14.9 Å². The summed E-state index contributed by atoms with van der Waals surface area (Å²) in [5.41, 5.74) is 3.93. The number of rotatable bonds is 3. The highest BCUT2D eigenvalue weighted by Crippen LogP contribution is 2.21. The van der Waals surface area contributed by atoms with Gasteiger partial charge in [-0.1, -0.05) is 12.1 Å². The number of hydrogen-bond acceptors (Lipinski definition) is 5. The number of carbonyl (C=O) groups excluding carboxylic acids is 1. The van der Waals surface area contributed by atoms with Gasteiger partial charge in [0.2, 0.25) is 5.95 Å². The van der Waals surface area contributed by atoms with E-state index < -0.39 is 0 Å². The van der Waals surface area contributed by atoms with Crippen molar-refractivity contribution >= 4 is 17.5 Å². The van der Waals surface area contributed by atoms with Crippen LogP contribution in [0.2, 0.25) is 0 Å². The number of piperazine rings is 1. The molecular weight excluding hydrogens is 338 g/mol. The Balaban J connectivity index is 1.47. The van der Waals surface area contributed by atoms with Crippen LogP contribution in [0.15, 0.2) is 30.3 Å². The van der Waals surface area contributed by atoms with Gasteiger partial charge in [-0.2, -0.15) is 0 Å². The largest absolute Gasteiger partial charge is 0.368 e. The second-order valence-electron chi connectivity index (χ2n) is 7.51. The summed E-state index contributed by atoms with van der Waals surface area (Å²) in [5, 5.41) is 0. The fourth-order valence-electron chi connectivity index (χ4n) is 3.88. The average Bonchev–Trinajstić information content (AvgIpc) is 3.22. The molecule has 1 aromatic carbocycles. The van der Waals surface area contributed by atoms with Gasteiger partial charge in [-0.05, 0) is 50.5 Å². The second kappa shape index (κ2) is 7.55. The first kappa shape index (κ1) is 17.8. The van der Waals surface area contributed by atoms with Crippen LogP contribution < -0.4 is 9.80 Å². The summed E-state index contributed by atoms with van der Waals surface area (Å²) in [7, 11) is 0. The molecule has 1 amide bonds. The SMILES string of the molecule is Cc1cccc(N2CCN(c3nc(C)cc(C(=O)N4CCCC4)n3)CC2)c1. The number of aromatic nitrogens is 2. The lowest BCUT2D eigenvalue weighted by atomic mass is 10.2. The number of carbonyl (C=O) groups is 1. The number of hydrogen-bond donors (Lipinski definition) is 0. The first-order valence-electron chi connectivity index (χ1n) is 9.82. The number of aryl methyl sites for hydroxylation is 2. The monoisotopic (exact) mass is 365 g/mol. The first-order chi connectivity index (χ1) is 13.1. The number of anilines is 2. The van der Waals surface area contributed by atoms with Crippen LogP contribution in [-0.4, -0.2) is 60.0 Å². The van der Waals surface area contributed by atoms with Crippen molar-refractivity contribution in [2.24, 2.45) is 0 Å².